The lowest BCUT2D eigenvalue weighted by Gasteiger charge is -2.11. The summed E-state index contributed by atoms with van der Waals surface area (Å²) in [7, 11) is 3.78. The SMILES string of the molecule is CCc1nn(C)c(CC(O)c2cnn(C)c2C)c1Br. The monoisotopic (exact) mass is 326 g/mol. The maximum Gasteiger partial charge on any atom is 0.0878 e. The summed E-state index contributed by atoms with van der Waals surface area (Å²) in [5, 5.41) is 19.0. The van der Waals surface area contributed by atoms with Gasteiger partial charge in [-0.25, -0.2) is 0 Å². The van der Waals surface area contributed by atoms with Crippen LogP contribution in [0, 0.1) is 6.92 Å². The molecule has 1 N–H and O–H groups in total. The lowest BCUT2D eigenvalue weighted by Crippen LogP contribution is -2.08. The molecule has 5 nitrogen and oxygen atoms in total. The van der Waals surface area contributed by atoms with E-state index >= 15 is 0 Å². The van der Waals surface area contributed by atoms with Gasteiger partial charge in [0.25, 0.3) is 0 Å². The number of aryl methyl sites for hydroxylation is 3. The predicted octanol–water partition coefficient (Wildman–Crippen LogP) is 2.06. The van der Waals surface area contributed by atoms with Crippen molar-refractivity contribution < 1.29 is 5.11 Å². The van der Waals surface area contributed by atoms with Crippen molar-refractivity contribution in [3.8, 4) is 0 Å². The van der Waals surface area contributed by atoms with Crippen LogP contribution < -0.4 is 0 Å². The first kappa shape index (κ1) is 14.3. The zero-order valence-corrected chi connectivity index (χ0v) is 13.3. The Labute approximate surface area is 121 Å². The fourth-order valence-corrected chi connectivity index (χ4v) is 2.96. The maximum absolute atomic E-state index is 10.4. The zero-order valence-electron chi connectivity index (χ0n) is 11.7. The molecule has 0 aliphatic rings. The highest BCUT2D eigenvalue weighted by Crippen LogP contribution is 2.27. The van der Waals surface area contributed by atoms with Crippen molar-refractivity contribution in [1.82, 2.24) is 19.6 Å². The normalized spacial score (nSPS) is 12.9. The molecule has 2 aromatic heterocycles. The van der Waals surface area contributed by atoms with Crippen LogP contribution in [0.15, 0.2) is 10.7 Å². The van der Waals surface area contributed by atoms with E-state index in [9.17, 15) is 5.11 Å². The molecule has 1 unspecified atom stereocenters. The molecule has 0 radical (unpaired) electrons. The van der Waals surface area contributed by atoms with Crippen LogP contribution in [0.4, 0.5) is 0 Å². The minimum Gasteiger partial charge on any atom is -0.388 e. The molecular formula is C13H19BrN4O. The van der Waals surface area contributed by atoms with Gasteiger partial charge in [-0.05, 0) is 29.3 Å². The second kappa shape index (κ2) is 5.46. The Morgan fingerprint density at radius 2 is 2.05 bits per heavy atom. The Bertz CT molecular complexity index is 588. The third-order valence-electron chi connectivity index (χ3n) is 3.52. The van der Waals surface area contributed by atoms with Crippen LogP contribution in [-0.2, 0) is 26.9 Å². The third-order valence-corrected chi connectivity index (χ3v) is 4.44. The molecule has 0 aliphatic carbocycles. The average Bonchev–Trinajstić information content (AvgIpc) is 2.84. The van der Waals surface area contributed by atoms with Gasteiger partial charge >= 0.3 is 0 Å². The van der Waals surface area contributed by atoms with E-state index in [-0.39, 0.29) is 0 Å². The van der Waals surface area contributed by atoms with Crippen molar-refractivity contribution in [1.29, 1.82) is 0 Å². The largest absolute Gasteiger partial charge is 0.388 e. The highest BCUT2D eigenvalue weighted by atomic mass is 79.9. The molecule has 0 saturated heterocycles. The second-order valence-electron chi connectivity index (χ2n) is 4.71. The van der Waals surface area contributed by atoms with E-state index in [0.29, 0.717) is 6.42 Å². The van der Waals surface area contributed by atoms with Gasteiger partial charge in [0.15, 0.2) is 0 Å². The number of hydrogen-bond acceptors (Lipinski definition) is 3. The van der Waals surface area contributed by atoms with Crippen LogP contribution in [-0.4, -0.2) is 24.7 Å². The molecule has 104 valence electrons. The van der Waals surface area contributed by atoms with Gasteiger partial charge in [0.05, 0.1) is 28.2 Å². The molecule has 2 rings (SSSR count). The van der Waals surface area contributed by atoms with Gasteiger partial charge in [-0.15, -0.1) is 0 Å². The summed E-state index contributed by atoms with van der Waals surface area (Å²) in [6.07, 6.45) is 2.56. The Morgan fingerprint density at radius 1 is 1.37 bits per heavy atom. The van der Waals surface area contributed by atoms with Crippen molar-refractivity contribution in [3.63, 3.8) is 0 Å². The van der Waals surface area contributed by atoms with Crippen LogP contribution in [0.5, 0.6) is 0 Å². The van der Waals surface area contributed by atoms with E-state index in [2.05, 4.69) is 33.1 Å². The standard InChI is InChI=1S/C13H19BrN4O/c1-5-10-13(14)11(18(4)16-10)6-12(19)9-7-15-17(3)8(9)2/h7,12,19H,5-6H2,1-4H3. The van der Waals surface area contributed by atoms with Gasteiger partial charge in [-0.1, -0.05) is 6.92 Å². The van der Waals surface area contributed by atoms with Gasteiger partial charge in [0, 0.05) is 31.8 Å². The minimum absolute atomic E-state index is 0.524. The second-order valence-corrected chi connectivity index (χ2v) is 5.51. The predicted molar refractivity (Wildman–Crippen MR) is 76.9 cm³/mol. The summed E-state index contributed by atoms with van der Waals surface area (Å²) in [6, 6.07) is 0. The minimum atomic E-state index is -0.565. The Hall–Kier alpha value is -1.14. The molecule has 0 amide bonds. The van der Waals surface area contributed by atoms with Crippen molar-refractivity contribution in [2.45, 2.75) is 32.8 Å². The van der Waals surface area contributed by atoms with Gasteiger partial charge in [0.2, 0.25) is 0 Å². The first-order valence-corrected chi connectivity index (χ1v) is 7.11. The maximum atomic E-state index is 10.4. The van der Waals surface area contributed by atoms with E-state index in [1.807, 2.05) is 25.7 Å². The van der Waals surface area contributed by atoms with Crippen LogP contribution in [0.2, 0.25) is 0 Å². The Balaban J connectivity index is 2.26. The van der Waals surface area contributed by atoms with Crippen LogP contribution >= 0.6 is 15.9 Å². The highest BCUT2D eigenvalue weighted by Gasteiger charge is 2.20. The number of aliphatic hydroxyl groups excluding tert-OH is 1. The van der Waals surface area contributed by atoms with Gasteiger partial charge in [0.1, 0.15) is 0 Å². The third kappa shape index (κ3) is 2.60. The molecule has 6 heteroatoms. The first-order valence-electron chi connectivity index (χ1n) is 6.32. The molecule has 0 fully saturated rings. The number of aromatic nitrogens is 4. The molecule has 2 heterocycles. The van der Waals surface area contributed by atoms with Crippen molar-refractivity contribution in [2.24, 2.45) is 14.1 Å². The Morgan fingerprint density at radius 3 is 2.53 bits per heavy atom. The molecule has 0 aliphatic heterocycles. The lowest BCUT2D eigenvalue weighted by atomic mass is 10.1. The van der Waals surface area contributed by atoms with E-state index in [1.165, 1.54) is 0 Å². The van der Waals surface area contributed by atoms with Crippen molar-refractivity contribution >= 4 is 15.9 Å². The number of nitrogens with zero attached hydrogens (tertiary/aromatic N) is 4. The summed E-state index contributed by atoms with van der Waals surface area (Å²) in [4.78, 5) is 0. The van der Waals surface area contributed by atoms with E-state index in [1.54, 1.807) is 10.9 Å². The quantitative estimate of drug-likeness (QED) is 0.935. The fourth-order valence-electron chi connectivity index (χ4n) is 2.18. The van der Waals surface area contributed by atoms with E-state index in [4.69, 9.17) is 0 Å². The molecule has 0 aromatic carbocycles. The molecule has 0 bridgehead atoms. The first-order chi connectivity index (χ1) is 8.95. The van der Waals surface area contributed by atoms with Gasteiger partial charge in [-0.3, -0.25) is 9.36 Å². The summed E-state index contributed by atoms with van der Waals surface area (Å²) < 4.78 is 4.60. The van der Waals surface area contributed by atoms with Crippen molar-refractivity contribution in [2.75, 3.05) is 0 Å². The number of rotatable bonds is 4. The van der Waals surface area contributed by atoms with Crippen molar-refractivity contribution in [3.05, 3.63) is 33.3 Å². The summed E-state index contributed by atoms with van der Waals surface area (Å²) in [6.45, 7) is 4.03. The summed E-state index contributed by atoms with van der Waals surface area (Å²) >= 11 is 3.57. The van der Waals surface area contributed by atoms with Crippen LogP contribution in [0.25, 0.3) is 0 Å². The lowest BCUT2D eigenvalue weighted by molar-refractivity contribution is 0.174. The molecule has 0 spiro atoms. The average molecular weight is 327 g/mol. The van der Waals surface area contributed by atoms with E-state index in [0.717, 1.165) is 33.5 Å². The number of hydrogen-bond donors (Lipinski definition) is 1. The number of halogens is 1. The van der Waals surface area contributed by atoms with Crippen LogP contribution in [0.1, 0.15) is 35.7 Å². The number of aliphatic hydroxyl groups is 1. The zero-order chi connectivity index (χ0) is 14.2. The fraction of sp³-hybridized carbons (Fsp3) is 0.538. The van der Waals surface area contributed by atoms with E-state index < -0.39 is 6.10 Å². The molecule has 1 atom stereocenters. The highest BCUT2D eigenvalue weighted by molar-refractivity contribution is 9.10. The van der Waals surface area contributed by atoms with Gasteiger partial charge in [-0.2, -0.15) is 10.2 Å². The molecule has 2 aromatic rings. The molecule has 0 saturated carbocycles. The summed E-state index contributed by atoms with van der Waals surface area (Å²) in [5.41, 5.74) is 3.88. The smallest absolute Gasteiger partial charge is 0.0878 e. The topological polar surface area (TPSA) is 55.9 Å². The molecule has 19 heavy (non-hydrogen) atoms. The molecular weight excluding hydrogens is 308 g/mol. The van der Waals surface area contributed by atoms with Gasteiger partial charge < -0.3 is 5.11 Å². The van der Waals surface area contributed by atoms with Crippen LogP contribution in [0.3, 0.4) is 0 Å². The Kier molecular flexibility index (Phi) is 4.10. The summed E-state index contributed by atoms with van der Waals surface area (Å²) in [5.74, 6) is 0.